The van der Waals surface area contributed by atoms with Gasteiger partial charge in [0.25, 0.3) is 0 Å². The molecule has 0 aliphatic carbocycles. The van der Waals surface area contributed by atoms with Crippen molar-refractivity contribution in [2.75, 3.05) is 39.0 Å². The van der Waals surface area contributed by atoms with Crippen molar-refractivity contribution in [1.29, 1.82) is 0 Å². The fourth-order valence-electron chi connectivity index (χ4n) is 2.75. The highest BCUT2D eigenvalue weighted by atomic mass is 16.5. The van der Waals surface area contributed by atoms with E-state index in [-0.39, 0.29) is 11.9 Å². The van der Waals surface area contributed by atoms with Gasteiger partial charge < -0.3 is 20.3 Å². The largest absolute Gasteiger partial charge is 0.493 e. The van der Waals surface area contributed by atoms with Gasteiger partial charge in [-0.1, -0.05) is 6.07 Å². The van der Waals surface area contributed by atoms with E-state index >= 15 is 0 Å². The standard InChI is InChI=1S/C16H25N3O2/c1-13-12-18(2)8-4-9-19(13)16(20)7-10-21-15-6-3-5-14(17)11-15/h3,5-6,11,13H,4,7-10,12,17H2,1-2H3. The molecule has 0 bridgehead atoms. The van der Waals surface area contributed by atoms with Crippen LogP contribution < -0.4 is 10.5 Å². The minimum absolute atomic E-state index is 0.168. The minimum atomic E-state index is 0.168. The van der Waals surface area contributed by atoms with Crippen LogP contribution in [0.25, 0.3) is 0 Å². The maximum absolute atomic E-state index is 12.3. The first-order chi connectivity index (χ1) is 10.1. The number of ether oxygens (including phenoxy) is 1. The molecule has 1 aromatic rings. The van der Waals surface area contributed by atoms with Crippen LogP contribution in [-0.4, -0.2) is 55.0 Å². The Balaban J connectivity index is 1.81. The van der Waals surface area contributed by atoms with Crippen molar-refractivity contribution in [2.45, 2.75) is 25.8 Å². The van der Waals surface area contributed by atoms with Crippen molar-refractivity contribution in [3.63, 3.8) is 0 Å². The SMILES string of the molecule is CC1CN(C)CCCN1C(=O)CCOc1cccc(N)c1. The van der Waals surface area contributed by atoms with E-state index in [0.717, 1.165) is 26.1 Å². The zero-order valence-electron chi connectivity index (χ0n) is 12.9. The van der Waals surface area contributed by atoms with Gasteiger partial charge >= 0.3 is 0 Å². The van der Waals surface area contributed by atoms with Gasteiger partial charge in [0.1, 0.15) is 5.75 Å². The number of nitrogens with two attached hydrogens (primary N) is 1. The normalized spacial score (nSPS) is 20.1. The van der Waals surface area contributed by atoms with E-state index in [0.29, 0.717) is 24.5 Å². The molecule has 1 saturated heterocycles. The molecular formula is C16H25N3O2. The molecule has 0 spiro atoms. The van der Waals surface area contributed by atoms with Gasteiger partial charge in [0, 0.05) is 30.9 Å². The molecule has 5 nitrogen and oxygen atoms in total. The smallest absolute Gasteiger partial charge is 0.226 e. The van der Waals surface area contributed by atoms with Crippen LogP contribution in [0.15, 0.2) is 24.3 Å². The molecule has 0 aromatic heterocycles. The van der Waals surface area contributed by atoms with Crippen molar-refractivity contribution < 1.29 is 9.53 Å². The zero-order chi connectivity index (χ0) is 15.2. The molecule has 1 aliphatic heterocycles. The van der Waals surface area contributed by atoms with E-state index in [1.54, 1.807) is 6.07 Å². The van der Waals surface area contributed by atoms with Gasteiger partial charge in [-0.25, -0.2) is 0 Å². The van der Waals surface area contributed by atoms with E-state index < -0.39 is 0 Å². The van der Waals surface area contributed by atoms with Crippen LogP contribution in [0, 0.1) is 0 Å². The van der Waals surface area contributed by atoms with Crippen molar-refractivity contribution in [1.82, 2.24) is 9.80 Å². The highest BCUT2D eigenvalue weighted by molar-refractivity contribution is 5.76. The zero-order valence-corrected chi connectivity index (χ0v) is 12.9. The van der Waals surface area contributed by atoms with Gasteiger partial charge in [-0.05, 0) is 39.1 Å². The first-order valence-corrected chi connectivity index (χ1v) is 7.52. The van der Waals surface area contributed by atoms with Gasteiger partial charge in [-0.2, -0.15) is 0 Å². The summed E-state index contributed by atoms with van der Waals surface area (Å²) in [6, 6.07) is 7.54. The number of amides is 1. The Kier molecular flexibility index (Phi) is 5.44. The molecule has 1 aliphatic rings. The molecule has 21 heavy (non-hydrogen) atoms. The second kappa shape index (κ2) is 7.31. The molecule has 2 rings (SSSR count). The molecule has 0 saturated carbocycles. The molecular weight excluding hydrogens is 266 g/mol. The predicted octanol–water partition coefficient (Wildman–Crippen LogP) is 1.59. The molecule has 1 aromatic carbocycles. The van der Waals surface area contributed by atoms with Crippen molar-refractivity contribution in [2.24, 2.45) is 0 Å². The van der Waals surface area contributed by atoms with E-state index in [1.165, 1.54) is 0 Å². The molecule has 2 N–H and O–H groups in total. The van der Waals surface area contributed by atoms with E-state index in [9.17, 15) is 4.79 Å². The second-order valence-corrected chi connectivity index (χ2v) is 5.72. The van der Waals surface area contributed by atoms with Crippen LogP contribution in [0.2, 0.25) is 0 Å². The Labute approximate surface area is 126 Å². The predicted molar refractivity (Wildman–Crippen MR) is 84.3 cm³/mol. The average Bonchev–Trinajstić information content (AvgIpc) is 2.59. The van der Waals surface area contributed by atoms with Gasteiger partial charge in [0.05, 0.1) is 13.0 Å². The van der Waals surface area contributed by atoms with E-state index in [1.807, 2.05) is 23.1 Å². The van der Waals surface area contributed by atoms with Gasteiger partial charge in [0.15, 0.2) is 0 Å². The maximum Gasteiger partial charge on any atom is 0.226 e. The maximum atomic E-state index is 12.3. The minimum Gasteiger partial charge on any atom is -0.493 e. The van der Waals surface area contributed by atoms with E-state index in [2.05, 4.69) is 18.9 Å². The third-order valence-electron chi connectivity index (χ3n) is 3.81. The Morgan fingerprint density at radius 1 is 1.43 bits per heavy atom. The van der Waals surface area contributed by atoms with E-state index in [4.69, 9.17) is 10.5 Å². The summed E-state index contributed by atoms with van der Waals surface area (Å²) in [6.07, 6.45) is 1.44. The Hall–Kier alpha value is -1.75. The molecule has 116 valence electrons. The van der Waals surface area contributed by atoms with Crippen LogP contribution in [0.4, 0.5) is 5.69 Å². The van der Waals surface area contributed by atoms with Crippen LogP contribution in [0.3, 0.4) is 0 Å². The summed E-state index contributed by atoms with van der Waals surface area (Å²) in [5.41, 5.74) is 6.37. The number of anilines is 1. The first kappa shape index (κ1) is 15.6. The fraction of sp³-hybridized carbons (Fsp3) is 0.562. The van der Waals surface area contributed by atoms with Crippen LogP contribution >= 0.6 is 0 Å². The third-order valence-corrected chi connectivity index (χ3v) is 3.81. The van der Waals surface area contributed by atoms with Crippen LogP contribution in [0.1, 0.15) is 19.8 Å². The number of nitrogen functional groups attached to an aromatic ring is 1. The number of hydrogen-bond acceptors (Lipinski definition) is 4. The lowest BCUT2D eigenvalue weighted by atomic mass is 10.2. The lowest BCUT2D eigenvalue weighted by Gasteiger charge is -2.28. The third kappa shape index (κ3) is 4.63. The highest BCUT2D eigenvalue weighted by Gasteiger charge is 2.23. The Bertz CT molecular complexity index is 478. The number of carbonyl (C=O) groups is 1. The number of likely N-dealkylation sites (N-methyl/N-ethyl adjacent to an activating group) is 1. The lowest BCUT2D eigenvalue weighted by molar-refractivity contribution is -0.133. The second-order valence-electron chi connectivity index (χ2n) is 5.72. The summed E-state index contributed by atoms with van der Waals surface area (Å²) in [6.45, 7) is 5.32. The Morgan fingerprint density at radius 2 is 2.24 bits per heavy atom. The monoisotopic (exact) mass is 291 g/mol. The number of nitrogens with zero attached hydrogens (tertiary/aromatic N) is 2. The van der Waals surface area contributed by atoms with Gasteiger partial charge in [-0.15, -0.1) is 0 Å². The summed E-state index contributed by atoms with van der Waals surface area (Å²) < 4.78 is 5.60. The molecule has 1 unspecified atom stereocenters. The van der Waals surface area contributed by atoms with Crippen molar-refractivity contribution in [3.05, 3.63) is 24.3 Å². The van der Waals surface area contributed by atoms with Crippen LogP contribution in [0.5, 0.6) is 5.75 Å². The van der Waals surface area contributed by atoms with Gasteiger partial charge in [0.2, 0.25) is 5.91 Å². The molecule has 1 fully saturated rings. The molecule has 1 amide bonds. The molecule has 1 atom stereocenters. The topological polar surface area (TPSA) is 58.8 Å². The van der Waals surface area contributed by atoms with Crippen molar-refractivity contribution in [3.8, 4) is 5.75 Å². The number of benzene rings is 1. The summed E-state index contributed by atoms with van der Waals surface area (Å²) in [4.78, 5) is 16.6. The average molecular weight is 291 g/mol. The highest BCUT2D eigenvalue weighted by Crippen LogP contribution is 2.15. The molecule has 5 heteroatoms. The number of hydrogen-bond donors (Lipinski definition) is 1. The first-order valence-electron chi connectivity index (χ1n) is 7.52. The molecule has 0 radical (unpaired) electrons. The summed E-state index contributed by atoms with van der Waals surface area (Å²) in [5, 5.41) is 0. The van der Waals surface area contributed by atoms with Crippen molar-refractivity contribution >= 4 is 11.6 Å². The number of carbonyl (C=O) groups excluding carboxylic acids is 1. The summed E-state index contributed by atoms with van der Waals surface area (Å²) in [7, 11) is 2.10. The summed E-state index contributed by atoms with van der Waals surface area (Å²) >= 11 is 0. The van der Waals surface area contributed by atoms with Crippen LogP contribution in [-0.2, 0) is 4.79 Å². The van der Waals surface area contributed by atoms with Gasteiger partial charge in [-0.3, -0.25) is 4.79 Å². The number of rotatable bonds is 4. The quantitative estimate of drug-likeness (QED) is 0.856. The Morgan fingerprint density at radius 3 is 3.00 bits per heavy atom. The molecule has 1 heterocycles. The lowest BCUT2D eigenvalue weighted by Crippen LogP contribution is -2.42. The fourth-order valence-corrected chi connectivity index (χ4v) is 2.75. The summed E-state index contributed by atoms with van der Waals surface area (Å²) in [5.74, 6) is 0.883.